The largest absolute Gasteiger partial charge is 0.497 e. The summed E-state index contributed by atoms with van der Waals surface area (Å²) in [6, 6.07) is 6.08. The zero-order valence-electron chi connectivity index (χ0n) is 9.69. The summed E-state index contributed by atoms with van der Waals surface area (Å²) in [5.74, 6) is -0.564. The van der Waals surface area contributed by atoms with Crippen molar-refractivity contribution in [1.29, 1.82) is 0 Å². The number of aromatic amines is 1. The number of H-pyrrole nitrogens is 1. The Bertz CT molecular complexity index is 602. The lowest BCUT2D eigenvalue weighted by atomic mass is 10.1. The highest BCUT2D eigenvalue weighted by Gasteiger charge is 2.32. The summed E-state index contributed by atoms with van der Waals surface area (Å²) in [7, 11) is 1.47. The second-order valence-corrected chi connectivity index (χ2v) is 3.51. The van der Waals surface area contributed by atoms with Crippen LogP contribution < -0.4 is 4.74 Å². The van der Waals surface area contributed by atoms with Gasteiger partial charge in [-0.15, -0.1) is 0 Å². The first-order valence-corrected chi connectivity index (χ1v) is 5.06. The second kappa shape index (κ2) is 4.72. The maximum Gasteiger partial charge on any atom is 0.428 e. The van der Waals surface area contributed by atoms with Gasteiger partial charge in [-0.3, -0.25) is 0 Å². The minimum Gasteiger partial charge on any atom is -0.497 e. The summed E-state index contributed by atoms with van der Waals surface area (Å²) in [5, 5.41) is 27.1. The minimum absolute atomic E-state index is 0.155. The molecule has 1 aromatic carbocycles. The van der Waals surface area contributed by atoms with E-state index in [1.165, 1.54) is 19.2 Å². The third-order valence-electron chi connectivity index (χ3n) is 2.46. The van der Waals surface area contributed by atoms with Crippen LogP contribution in [0.3, 0.4) is 0 Å². The van der Waals surface area contributed by atoms with Gasteiger partial charge in [0.1, 0.15) is 10.8 Å². The van der Waals surface area contributed by atoms with Gasteiger partial charge in [-0.2, -0.15) is 0 Å². The summed E-state index contributed by atoms with van der Waals surface area (Å²) < 4.78 is 4.95. The van der Waals surface area contributed by atoms with E-state index in [0.717, 1.165) is 0 Å². The summed E-state index contributed by atoms with van der Waals surface area (Å²) in [4.78, 5) is 20.1. The van der Waals surface area contributed by atoms with Crippen molar-refractivity contribution in [2.45, 2.75) is 0 Å². The average molecular weight is 264 g/mol. The lowest BCUT2D eigenvalue weighted by Crippen LogP contribution is -1.93. The number of methoxy groups -OCH3 is 1. The van der Waals surface area contributed by atoms with Gasteiger partial charge in [-0.25, -0.2) is 0 Å². The van der Waals surface area contributed by atoms with E-state index in [-0.39, 0.29) is 5.56 Å². The number of aromatic nitrogens is 2. The van der Waals surface area contributed by atoms with E-state index in [1.54, 1.807) is 12.1 Å². The van der Waals surface area contributed by atoms with E-state index in [1.807, 2.05) is 0 Å². The van der Waals surface area contributed by atoms with Gasteiger partial charge in [0.25, 0.3) is 0 Å². The van der Waals surface area contributed by atoms with E-state index in [2.05, 4.69) is 10.2 Å². The van der Waals surface area contributed by atoms with Crippen LogP contribution in [0.1, 0.15) is 0 Å². The first kappa shape index (κ1) is 12.5. The van der Waals surface area contributed by atoms with E-state index in [9.17, 15) is 20.2 Å². The Morgan fingerprint density at radius 3 is 2.26 bits per heavy atom. The van der Waals surface area contributed by atoms with Crippen molar-refractivity contribution in [3.63, 3.8) is 0 Å². The molecular formula is C10H8N4O5. The van der Waals surface area contributed by atoms with Crippen LogP contribution in [-0.2, 0) is 0 Å². The van der Waals surface area contributed by atoms with Gasteiger partial charge in [0.15, 0.2) is 5.56 Å². The Balaban J connectivity index is 2.60. The van der Waals surface area contributed by atoms with Crippen LogP contribution in [0.2, 0.25) is 0 Å². The number of ether oxygens (including phenoxy) is 1. The summed E-state index contributed by atoms with van der Waals surface area (Å²) in [6.45, 7) is 0. The normalized spacial score (nSPS) is 10.2. The van der Waals surface area contributed by atoms with Gasteiger partial charge in [0.05, 0.1) is 7.11 Å². The van der Waals surface area contributed by atoms with Crippen molar-refractivity contribution in [3.8, 4) is 16.9 Å². The van der Waals surface area contributed by atoms with Crippen LogP contribution in [0.25, 0.3) is 11.1 Å². The molecule has 0 saturated heterocycles. The molecule has 0 bridgehead atoms. The quantitative estimate of drug-likeness (QED) is 0.664. The Morgan fingerprint density at radius 1 is 1.16 bits per heavy atom. The first-order chi connectivity index (χ1) is 9.04. The number of rotatable bonds is 4. The van der Waals surface area contributed by atoms with Crippen molar-refractivity contribution >= 4 is 11.6 Å². The molecule has 0 amide bonds. The van der Waals surface area contributed by atoms with E-state index in [0.29, 0.717) is 11.3 Å². The molecule has 1 aromatic heterocycles. The predicted molar refractivity (Wildman–Crippen MR) is 63.9 cm³/mol. The standard InChI is InChI=1S/C10H8N4O5/c1-19-7-4-2-6(3-5-7)8-9(13(15)16)11-12-10(8)14(17)18/h2-5H,1H3,(H,11,12). The Labute approximate surface area is 106 Å². The third kappa shape index (κ3) is 2.20. The SMILES string of the molecule is COc1ccc(-c2c([N+](=O)[O-])n[nH]c2[N+](=O)[O-])cc1. The molecule has 0 saturated carbocycles. The summed E-state index contributed by atoms with van der Waals surface area (Å²) >= 11 is 0. The molecule has 0 aliphatic heterocycles. The van der Waals surface area contributed by atoms with Gasteiger partial charge in [-0.1, -0.05) is 12.1 Å². The van der Waals surface area contributed by atoms with E-state index in [4.69, 9.17) is 4.74 Å². The van der Waals surface area contributed by atoms with E-state index >= 15 is 0 Å². The van der Waals surface area contributed by atoms with Gasteiger partial charge < -0.3 is 25.0 Å². The molecule has 2 rings (SSSR count). The monoisotopic (exact) mass is 264 g/mol. The van der Waals surface area contributed by atoms with Crippen molar-refractivity contribution in [1.82, 2.24) is 10.2 Å². The van der Waals surface area contributed by atoms with Crippen LogP contribution in [0.4, 0.5) is 11.6 Å². The van der Waals surface area contributed by atoms with Crippen LogP contribution in [0, 0.1) is 20.2 Å². The van der Waals surface area contributed by atoms with Crippen LogP contribution in [-0.4, -0.2) is 27.2 Å². The van der Waals surface area contributed by atoms with Gasteiger partial charge in [0, 0.05) is 0 Å². The van der Waals surface area contributed by atoms with Crippen LogP contribution >= 0.6 is 0 Å². The highest BCUT2D eigenvalue weighted by Crippen LogP contribution is 2.36. The molecule has 0 aliphatic rings. The second-order valence-electron chi connectivity index (χ2n) is 3.51. The Morgan fingerprint density at radius 2 is 1.79 bits per heavy atom. The molecule has 9 nitrogen and oxygen atoms in total. The summed E-state index contributed by atoms with van der Waals surface area (Å²) in [5.41, 5.74) is 0.158. The molecule has 0 fully saturated rings. The van der Waals surface area contributed by atoms with Crippen molar-refractivity contribution < 1.29 is 14.6 Å². The van der Waals surface area contributed by atoms with E-state index < -0.39 is 21.5 Å². The minimum atomic E-state index is -0.775. The Kier molecular flexibility index (Phi) is 3.10. The molecule has 9 heteroatoms. The third-order valence-corrected chi connectivity index (χ3v) is 2.46. The molecule has 19 heavy (non-hydrogen) atoms. The number of nitrogens with one attached hydrogen (secondary N) is 1. The highest BCUT2D eigenvalue weighted by atomic mass is 16.6. The average Bonchev–Trinajstić information content (AvgIpc) is 2.83. The predicted octanol–water partition coefficient (Wildman–Crippen LogP) is 1.90. The van der Waals surface area contributed by atoms with Gasteiger partial charge >= 0.3 is 11.6 Å². The fraction of sp³-hybridized carbons (Fsp3) is 0.100. The van der Waals surface area contributed by atoms with Crippen molar-refractivity contribution in [2.24, 2.45) is 0 Å². The molecule has 0 spiro atoms. The molecular weight excluding hydrogens is 256 g/mol. The zero-order chi connectivity index (χ0) is 14.0. The van der Waals surface area contributed by atoms with Crippen molar-refractivity contribution in [2.75, 3.05) is 7.11 Å². The maximum absolute atomic E-state index is 10.8. The zero-order valence-corrected chi connectivity index (χ0v) is 9.69. The topological polar surface area (TPSA) is 124 Å². The number of nitro groups is 2. The molecule has 0 atom stereocenters. The molecule has 98 valence electrons. The fourth-order valence-corrected chi connectivity index (χ4v) is 1.61. The maximum atomic E-state index is 10.8. The highest BCUT2D eigenvalue weighted by molar-refractivity contribution is 5.79. The van der Waals surface area contributed by atoms with Gasteiger partial charge in [0.2, 0.25) is 0 Å². The Hall–Kier alpha value is -2.97. The smallest absolute Gasteiger partial charge is 0.428 e. The molecule has 1 heterocycles. The molecule has 0 aliphatic carbocycles. The lowest BCUT2D eigenvalue weighted by molar-refractivity contribution is -0.392. The van der Waals surface area contributed by atoms with Crippen LogP contribution in [0.5, 0.6) is 5.75 Å². The fourth-order valence-electron chi connectivity index (χ4n) is 1.61. The van der Waals surface area contributed by atoms with Crippen LogP contribution in [0.15, 0.2) is 24.3 Å². The first-order valence-electron chi connectivity index (χ1n) is 5.06. The lowest BCUT2D eigenvalue weighted by Gasteiger charge is -2.01. The number of hydrogen-bond acceptors (Lipinski definition) is 6. The summed E-state index contributed by atoms with van der Waals surface area (Å²) in [6.07, 6.45) is 0. The molecule has 1 N–H and O–H groups in total. The molecule has 0 radical (unpaired) electrons. The number of hydrogen-bond donors (Lipinski definition) is 1. The molecule has 2 aromatic rings. The van der Waals surface area contributed by atoms with Gasteiger partial charge in [-0.05, 0) is 32.6 Å². The number of nitrogens with zero attached hydrogens (tertiary/aromatic N) is 3. The number of benzene rings is 1. The van der Waals surface area contributed by atoms with Crippen molar-refractivity contribution in [3.05, 3.63) is 44.5 Å². The molecule has 0 unspecified atom stereocenters.